The van der Waals surface area contributed by atoms with Crippen molar-refractivity contribution in [2.75, 3.05) is 26.2 Å². The van der Waals surface area contributed by atoms with Gasteiger partial charge in [-0.15, -0.1) is 0 Å². The molecule has 0 saturated carbocycles. The summed E-state index contributed by atoms with van der Waals surface area (Å²) in [7, 11) is -3.56. The maximum Gasteiger partial charge on any atom is 0.274 e. The molecule has 7 nitrogen and oxygen atoms in total. The summed E-state index contributed by atoms with van der Waals surface area (Å²) in [6.07, 6.45) is 4.53. The summed E-state index contributed by atoms with van der Waals surface area (Å²) in [5.74, 6) is -0.220. The van der Waals surface area contributed by atoms with Gasteiger partial charge in [-0.25, -0.2) is 13.4 Å². The predicted molar refractivity (Wildman–Crippen MR) is 113 cm³/mol. The van der Waals surface area contributed by atoms with E-state index < -0.39 is 10.0 Å². The second-order valence-electron chi connectivity index (χ2n) is 7.72. The van der Waals surface area contributed by atoms with Gasteiger partial charge < -0.3 is 4.90 Å². The number of fused-ring (bicyclic) bond motifs is 2. The summed E-state index contributed by atoms with van der Waals surface area (Å²) < 4.78 is 27.6. The second-order valence-corrected chi connectivity index (χ2v) is 9.66. The van der Waals surface area contributed by atoms with Gasteiger partial charge in [-0.2, -0.15) is 4.31 Å². The minimum atomic E-state index is -3.56. The first kappa shape index (κ1) is 19.1. The van der Waals surface area contributed by atoms with Gasteiger partial charge in [0.05, 0.1) is 22.1 Å². The van der Waals surface area contributed by atoms with Crippen LogP contribution in [0.2, 0.25) is 0 Å². The highest BCUT2D eigenvalue weighted by atomic mass is 32.2. The Morgan fingerprint density at radius 1 is 0.900 bits per heavy atom. The molecule has 0 radical (unpaired) electrons. The SMILES string of the molecule is O=C(c1cnc2ccccc2n1)N1CCN(S(=O)(=O)c2ccc3c(c2)CCC3)CC1. The normalized spacial score (nSPS) is 17.3. The third kappa shape index (κ3) is 3.36. The van der Waals surface area contributed by atoms with Crippen LogP contribution >= 0.6 is 0 Å². The lowest BCUT2D eigenvalue weighted by Gasteiger charge is -2.33. The smallest absolute Gasteiger partial charge is 0.274 e. The average molecular weight is 423 g/mol. The molecule has 0 atom stereocenters. The molecule has 2 aromatic carbocycles. The minimum Gasteiger partial charge on any atom is -0.335 e. The summed E-state index contributed by atoms with van der Waals surface area (Å²) in [6, 6.07) is 12.9. The molecule has 1 aromatic heterocycles. The van der Waals surface area contributed by atoms with E-state index in [4.69, 9.17) is 0 Å². The van der Waals surface area contributed by atoms with Gasteiger partial charge in [-0.05, 0) is 54.7 Å². The monoisotopic (exact) mass is 422 g/mol. The number of para-hydroxylation sites is 2. The van der Waals surface area contributed by atoms with Crippen LogP contribution in [0.1, 0.15) is 28.0 Å². The van der Waals surface area contributed by atoms with E-state index >= 15 is 0 Å². The van der Waals surface area contributed by atoms with E-state index in [1.807, 2.05) is 36.4 Å². The summed E-state index contributed by atoms with van der Waals surface area (Å²) in [4.78, 5) is 23.6. The van der Waals surface area contributed by atoms with Crippen LogP contribution in [0.15, 0.2) is 53.6 Å². The van der Waals surface area contributed by atoms with Crippen LogP contribution in [0, 0.1) is 0 Å². The molecule has 1 amide bonds. The van der Waals surface area contributed by atoms with Crippen molar-refractivity contribution >= 4 is 27.0 Å². The molecule has 2 aliphatic rings. The number of rotatable bonds is 3. The number of hydrogen-bond donors (Lipinski definition) is 0. The minimum absolute atomic E-state index is 0.220. The zero-order valence-corrected chi connectivity index (χ0v) is 17.3. The van der Waals surface area contributed by atoms with E-state index in [1.54, 1.807) is 11.0 Å². The van der Waals surface area contributed by atoms with Crippen molar-refractivity contribution in [3.63, 3.8) is 0 Å². The Balaban J connectivity index is 1.30. The molecule has 2 heterocycles. The quantitative estimate of drug-likeness (QED) is 0.647. The number of nitrogens with zero attached hydrogens (tertiary/aromatic N) is 4. The maximum absolute atomic E-state index is 13.1. The van der Waals surface area contributed by atoms with Crippen molar-refractivity contribution in [1.82, 2.24) is 19.2 Å². The molecule has 3 aromatic rings. The number of benzene rings is 2. The van der Waals surface area contributed by atoms with E-state index in [0.717, 1.165) is 30.3 Å². The molecule has 8 heteroatoms. The Morgan fingerprint density at radius 3 is 2.43 bits per heavy atom. The number of carbonyl (C=O) groups is 1. The molecular weight excluding hydrogens is 400 g/mol. The molecule has 5 rings (SSSR count). The van der Waals surface area contributed by atoms with Gasteiger partial charge in [0.15, 0.2) is 0 Å². The molecule has 1 aliphatic heterocycles. The molecule has 0 unspecified atom stereocenters. The Kier molecular flexibility index (Phi) is 4.75. The van der Waals surface area contributed by atoms with Gasteiger partial charge in [-0.1, -0.05) is 18.2 Å². The Bertz CT molecular complexity index is 1230. The molecule has 1 fully saturated rings. The Hall–Kier alpha value is -2.84. The van der Waals surface area contributed by atoms with Crippen LogP contribution < -0.4 is 0 Å². The maximum atomic E-state index is 13.1. The van der Waals surface area contributed by atoms with Crippen molar-refractivity contribution in [2.24, 2.45) is 0 Å². The average Bonchev–Trinajstić information content (AvgIpc) is 3.26. The first-order valence-corrected chi connectivity index (χ1v) is 11.6. The highest BCUT2D eigenvalue weighted by Gasteiger charge is 2.31. The van der Waals surface area contributed by atoms with Crippen molar-refractivity contribution in [2.45, 2.75) is 24.2 Å². The number of piperazine rings is 1. The predicted octanol–water partition coefficient (Wildman–Crippen LogP) is 2.27. The van der Waals surface area contributed by atoms with Gasteiger partial charge in [0.25, 0.3) is 5.91 Å². The van der Waals surface area contributed by atoms with Crippen LogP contribution in [0.4, 0.5) is 0 Å². The lowest BCUT2D eigenvalue weighted by atomic mass is 10.1. The fourth-order valence-corrected chi connectivity index (χ4v) is 5.68. The van der Waals surface area contributed by atoms with Gasteiger partial charge in [-0.3, -0.25) is 9.78 Å². The van der Waals surface area contributed by atoms with E-state index in [-0.39, 0.29) is 24.7 Å². The molecular formula is C22H22N4O3S. The summed E-state index contributed by atoms with van der Waals surface area (Å²) in [5, 5.41) is 0. The molecule has 1 saturated heterocycles. The number of amides is 1. The van der Waals surface area contributed by atoms with Crippen LogP contribution in [0.3, 0.4) is 0 Å². The van der Waals surface area contributed by atoms with Crippen LogP contribution in [-0.4, -0.2) is 59.7 Å². The number of carbonyl (C=O) groups excluding carboxylic acids is 1. The summed E-state index contributed by atoms with van der Waals surface area (Å²) in [6.45, 7) is 1.20. The third-order valence-electron chi connectivity index (χ3n) is 5.90. The third-order valence-corrected chi connectivity index (χ3v) is 7.80. The van der Waals surface area contributed by atoms with Gasteiger partial charge in [0, 0.05) is 26.2 Å². The number of sulfonamides is 1. The van der Waals surface area contributed by atoms with Gasteiger partial charge >= 0.3 is 0 Å². The van der Waals surface area contributed by atoms with Crippen LogP contribution in [0.5, 0.6) is 0 Å². The van der Waals surface area contributed by atoms with Crippen molar-refractivity contribution in [3.05, 3.63) is 65.5 Å². The molecule has 30 heavy (non-hydrogen) atoms. The number of hydrogen-bond acceptors (Lipinski definition) is 5. The lowest BCUT2D eigenvalue weighted by Crippen LogP contribution is -2.50. The highest BCUT2D eigenvalue weighted by Crippen LogP contribution is 2.27. The largest absolute Gasteiger partial charge is 0.335 e. The lowest BCUT2D eigenvalue weighted by molar-refractivity contribution is 0.0692. The Labute approximate surface area is 175 Å². The number of aromatic nitrogens is 2. The van der Waals surface area contributed by atoms with Crippen molar-refractivity contribution in [1.29, 1.82) is 0 Å². The van der Waals surface area contributed by atoms with Gasteiger partial charge in [0.1, 0.15) is 5.69 Å². The summed E-state index contributed by atoms with van der Waals surface area (Å²) >= 11 is 0. The molecule has 0 N–H and O–H groups in total. The fourth-order valence-electron chi connectivity index (χ4n) is 4.21. The van der Waals surface area contributed by atoms with Crippen molar-refractivity contribution < 1.29 is 13.2 Å². The van der Waals surface area contributed by atoms with E-state index in [0.29, 0.717) is 23.5 Å². The number of aryl methyl sites for hydroxylation is 2. The zero-order chi connectivity index (χ0) is 20.7. The Morgan fingerprint density at radius 2 is 1.63 bits per heavy atom. The van der Waals surface area contributed by atoms with E-state index in [9.17, 15) is 13.2 Å². The molecule has 154 valence electrons. The van der Waals surface area contributed by atoms with Crippen LogP contribution in [0.25, 0.3) is 11.0 Å². The van der Waals surface area contributed by atoms with Gasteiger partial charge in [0.2, 0.25) is 10.0 Å². The highest BCUT2D eigenvalue weighted by molar-refractivity contribution is 7.89. The zero-order valence-electron chi connectivity index (χ0n) is 16.5. The van der Waals surface area contributed by atoms with E-state index in [2.05, 4.69) is 9.97 Å². The van der Waals surface area contributed by atoms with Crippen molar-refractivity contribution in [3.8, 4) is 0 Å². The first-order valence-electron chi connectivity index (χ1n) is 10.2. The summed E-state index contributed by atoms with van der Waals surface area (Å²) in [5.41, 5.74) is 4.07. The topological polar surface area (TPSA) is 83.5 Å². The molecule has 0 bridgehead atoms. The van der Waals surface area contributed by atoms with Crippen LogP contribution in [-0.2, 0) is 22.9 Å². The second kappa shape index (κ2) is 7.45. The molecule has 0 spiro atoms. The fraction of sp³-hybridized carbons (Fsp3) is 0.318. The molecule has 1 aliphatic carbocycles. The van der Waals surface area contributed by atoms with E-state index in [1.165, 1.54) is 16.1 Å². The first-order chi connectivity index (χ1) is 14.5. The standard InChI is InChI=1S/C22H22N4O3S/c27-22(21-15-23-19-6-1-2-7-20(19)24-21)25-10-12-26(13-11-25)30(28,29)18-9-8-16-4-3-5-17(16)14-18/h1-2,6-9,14-15H,3-5,10-13H2.